The van der Waals surface area contributed by atoms with Crippen molar-refractivity contribution < 1.29 is 9.59 Å². The summed E-state index contributed by atoms with van der Waals surface area (Å²) in [6.45, 7) is 3.77. The third kappa shape index (κ3) is 4.13. The Labute approximate surface area is 138 Å². The summed E-state index contributed by atoms with van der Waals surface area (Å²) in [4.78, 5) is 24.0. The second-order valence-electron chi connectivity index (χ2n) is 5.83. The Morgan fingerprint density at radius 3 is 2.52 bits per heavy atom. The van der Waals surface area contributed by atoms with Gasteiger partial charge in [0, 0.05) is 11.5 Å². The van der Waals surface area contributed by atoms with E-state index in [4.69, 9.17) is 0 Å². The molecule has 2 amide bonds. The number of hydrogen-bond acceptors (Lipinski definition) is 5. The molecule has 1 saturated carbocycles. The molecule has 3 rings (SSSR count). The first-order valence-corrected chi connectivity index (χ1v) is 8.32. The minimum atomic E-state index is -0.304. The van der Waals surface area contributed by atoms with Crippen LogP contribution in [0, 0.1) is 13.8 Å². The number of aryl methyl sites for hydroxylation is 2. The Morgan fingerprint density at radius 2 is 1.87 bits per heavy atom. The van der Waals surface area contributed by atoms with Gasteiger partial charge in [-0.2, -0.15) is 0 Å². The van der Waals surface area contributed by atoms with Gasteiger partial charge >= 0.3 is 0 Å². The Morgan fingerprint density at radius 1 is 1.17 bits per heavy atom. The van der Waals surface area contributed by atoms with Gasteiger partial charge in [-0.05, 0) is 38.8 Å². The molecule has 1 heterocycles. The molecule has 0 aliphatic heterocycles. The van der Waals surface area contributed by atoms with Gasteiger partial charge in [-0.25, -0.2) is 0 Å². The van der Waals surface area contributed by atoms with Crippen LogP contribution in [-0.2, 0) is 4.79 Å². The SMILES string of the molecule is Cc1cc(C)cc(C(=O)NCC(=O)Nc2nnc(C3CC3)s2)c1. The second kappa shape index (κ2) is 6.45. The lowest BCUT2D eigenvalue weighted by molar-refractivity contribution is -0.115. The summed E-state index contributed by atoms with van der Waals surface area (Å²) >= 11 is 1.40. The Balaban J connectivity index is 1.52. The molecule has 2 aromatic rings. The summed E-state index contributed by atoms with van der Waals surface area (Å²) in [7, 11) is 0. The molecule has 0 radical (unpaired) electrons. The van der Waals surface area contributed by atoms with Crippen LogP contribution in [0.1, 0.15) is 45.3 Å². The average molecular weight is 330 g/mol. The lowest BCUT2D eigenvalue weighted by Crippen LogP contribution is -2.32. The molecule has 7 heteroatoms. The van der Waals surface area contributed by atoms with Crippen LogP contribution in [0.25, 0.3) is 0 Å². The molecule has 0 atom stereocenters. The highest BCUT2D eigenvalue weighted by Crippen LogP contribution is 2.41. The molecule has 1 aliphatic carbocycles. The summed E-state index contributed by atoms with van der Waals surface area (Å²) in [6, 6.07) is 5.59. The molecule has 0 unspecified atom stereocenters. The molecule has 0 spiro atoms. The summed E-state index contributed by atoms with van der Waals surface area (Å²) in [6.07, 6.45) is 2.29. The van der Waals surface area contributed by atoms with E-state index >= 15 is 0 Å². The predicted octanol–water partition coefficient (Wildman–Crippen LogP) is 2.40. The molecule has 1 aromatic carbocycles. The van der Waals surface area contributed by atoms with E-state index in [1.165, 1.54) is 11.3 Å². The average Bonchev–Trinajstić information content (AvgIpc) is 3.24. The first-order valence-electron chi connectivity index (χ1n) is 7.51. The monoisotopic (exact) mass is 330 g/mol. The van der Waals surface area contributed by atoms with E-state index in [1.807, 2.05) is 19.9 Å². The van der Waals surface area contributed by atoms with E-state index in [2.05, 4.69) is 20.8 Å². The van der Waals surface area contributed by atoms with E-state index in [-0.39, 0.29) is 18.4 Å². The van der Waals surface area contributed by atoms with Crippen molar-refractivity contribution in [3.63, 3.8) is 0 Å². The third-order valence-corrected chi connectivity index (χ3v) is 4.51. The van der Waals surface area contributed by atoms with Gasteiger partial charge in [-0.3, -0.25) is 14.9 Å². The lowest BCUT2D eigenvalue weighted by atomic mass is 10.1. The number of rotatable bonds is 5. The highest BCUT2D eigenvalue weighted by atomic mass is 32.1. The fourth-order valence-corrected chi connectivity index (χ4v) is 3.24. The van der Waals surface area contributed by atoms with E-state index < -0.39 is 0 Å². The number of benzene rings is 1. The predicted molar refractivity (Wildman–Crippen MR) is 88.8 cm³/mol. The van der Waals surface area contributed by atoms with Crippen LogP contribution in [0.5, 0.6) is 0 Å². The van der Waals surface area contributed by atoms with Crippen molar-refractivity contribution in [2.75, 3.05) is 11.9 Å². The zero-order valence-corrected chi connectivity index (χ0v) is 13.9. The number of nitrogens with one attached hydrogen (secondary N) is 2. The zero-order chi connectivity index (χ0) is 16.4. The summed E-state index contributed by atoms with van der Waals surface area (Å²) in [5, 5.41) is 14.8. The third-order valence-electron chi connectivity index (χ3n) is 3.51. The standard InChI is InChI=1S/C16H18N4O2S/c1-9-5-10(2)7-12(6-9)14(22)17-8-13(21)18-16-20-19-15(23-16)11-3-4-11/h5-7,11H,3-4,8H2,1-2H3,(H,17,22)(H,18,20,21). The van der Waals surface area contributed by atoms with Gasteiger partial charge in [0.15, 0.2) is 0 Å². The first kappa shape index (κ1) is 15.6. The van der Waals surface area contributed by atoms with Gasteiger partial charge in [0.1, 0.15) is 5.01 Å². The molecule has 0 bridgehead atoms. The van der Waals surface area contributed by atoms with Crippen LogP contribution in [0.4, 0.5) is 5.13 Å². The van der Waals surface area contributed by atoms with Crippen LogP contribution in [0.3, 0.4) is 0 Å². The molecular weight excluding hydrogens is 312 g/mol. The highest BCUT2D eigenvalue weighted by Gasteiger charge is 2.27. The number of aromatic nitrogens is 2. The van der Waals surface area contributed by atoms with Crippen molar-refractivity contribution in [1.82, 2.24) is 15.5 Å². The van der Waals surface area contributed by atoms with Gasteiger partial charge in [0.05, 0.1) is 6.54 Å². The van der Waals surface area contributed by atoms with E-state index in [9.17, 15) is 9.59 Å². The smallest absolute Gasteiger partial charge is 0.251 e. The van der Waals surface area contributed by atoms with Crippen molar-refractivity contribution in [2.24, 2.45) is 0 Å². The van der Waals surface area contributed by atoms with Gasteiger partial charge in [-0.15, -0.1) is 10.2 Å². The summed E-state index contributed by atoms with van der Waals surface area (Å²) in [5.74, 6) is -0.0495. The number of carbonyl (C=O) groups is 2. The summed E-state index contributed by atoms with van der Waals surface area (Å²) in [5.41, 5.74) is 2.59. The fraction of sp³-hybridized carbons (Fsp3) is 0.375. The van der Waals surface area contributed by atoms with Crippen molar-refractivity contribution >= 4 is 28.3 Å². The molecule has 120 valence electrons. The van der Waals surface area contributed by atoms with Gasteiger partial charge in [0.2, 0.25) is 11.0 Å². The van der Waals surface area contributed by atoms with Crippen LogP contribution >= 0.6 is 11.3 Å². The van der Waals surface area contributed by atoms with Gasteiger partial charge in [0.25, 0.3) is 5.91 Å². The normalized spacial score (nSPS) is 13.7. The molecule has 1 aliphatic rings. The van der Waals surface area contributed by atoms with E-state index in [0.717, 1.165) is 29.0 Å². The van der Waals surface area contributed by atoms with Crippen molar-refractivity contribution in [3.8, 4) is 0 Å². The van der Waals surface area contributed by atoms with Crippen molar-refractivity contribution in [3.05, 3.63) is 39.9 Å². The molecule has 23 heavy (non-hydrogen) atoms. The number of amides is 2. The first-order chi connectivity index (χ1) is 11.0. The largest absolute Gasteiger partial charge is 0.343 e. The maximum absolute atomic E-state index is 12.1. The van der Waals surface area contributed by atoms with Crippen LogP contribution < -0.4 is 10.6 Å². The Bertz CT molecular complexity index is 732. The lowest BCUT2D eigenvalue weighted by Gasteiger charge is -2.06. The quantitative estimate of drug-likeness (QED) is 0.882. The number of hydrogen-bond donors (Lipinski definition) is 2. The Hall–Kier alpha value is -2.28. The number of anilines is 1. The van der Waals surface area contributed by atoms with Crippen LogP contribution in [0.15, 0.2) is 18.2 Å². The maximum Gasteiger partial charge on any atom is 0.251 e. The summed E-state index contributed by atoms with van der Waals surface area (Å²) < 4.78 is 0. The molecule has 6 nitrogen and oxygen atoms in total. The molecule has 1 fully saturated rings. The van der Waals surface area contributed by atoms with E-state index in [1.54, 1.807) is 12.1 Å². The molecule has 1 aromatic heterocycles. The second-order valence-corrected chi connectivity index (χ2v) is 6.84. The molecule has 2 N–H and O–H groups in total. The zero-order valence-electron chi connectivity index (χ0n) is 13.0. The Kier molecular flexibility index (Phi) is 4.38. The highest BCUT2D eigenvalue weighted by molar-refractivity contribution is 7.15. The maximum atomic E-state index is 12.1. The van der Waals surface area contributed by atoms with Crippen molar-refractivity contribution in [1.29, 1.82) is 0 Å². The molecular formula is C16H18N4O2S. The fourth-order valence-electron chi connectivity index (χ4n) is 2.31. The number of carbonyl (C=O) groups excluding carboxylic acids is 2. The minimum absolute atomic E-state index is 0.0931. The van der Waals surface area contributed by atoms with Crippen LogP contribution in [0.2, 0.25) is 0 Å². The van der Waals surface area contributed by atoms with Gasteiger partial charge in [-0.1, -0.05) is 28.5 Å². The van der Waals surface area contributed by atoms with Crippen LogP contribution in [-0.4, -0.2) is 28.6 Å². The van der Waals surface area contributed by atoms with Gasteiger partial charge < -0.3 is 5.32 Å². The van der Waals surface area contributed by atoms with Crippen molar-refractivity contribution in [2.45, 2.75) is 32.6 Å². The topological polar surface area (TPSA) is 84.0 Å². The van der Waals surface area contributed by atoms with E-state index in [0.29, 0.717) is 16.6 Å². The minimum Gasteiger partial charge on any atom is -0.343 e. The molecule has 0 saturated heterocycles. The number of nitrogens with zero attached hydrogens (tertiary/aromatic N) is 2.